The number of amides is 1. The van der Waals surface area contributed by atoms with E-state index in [9.17, 15) is 14.7 Å². The van der Waals surface area contributed by atoms with Crippen molar-refractivity contribution in [3.63, 3.8) is 0 Å². The van der Waals surface area contributed by atoms with Crippen LogP contribution in [-0.4, -0.2) is 30.5 Å². The molecule has 186 valence electrons. The maximum Gasteiger partial charge on any atom is 0.300 e. The van der Waals surface area contributed by atoms with Gasteiger partial charge in [0.15, 0.2) is 0 Å². The third-order valence-electron chi connectivity index (χ3n) is 6.39. The summed E-state index contributed by atoms with van der Waals surface area (Å²) in [6, 6.07) is 19.1. The molecule has 3 aromatic rings. The van der Waals surface area contributed by atoms with Crippen LogP contribution in [0.1, 0.15) is 55.0 Å². The van der Waals surface area contributed by atoms with E-state index >= 15 is 0 Å². The third kappa shape index (κ3) is 4.59. The van der Waals surface area contributed by atoms with Crippen LogP contribution in [-0.2, 0) is 9.59 Å². The predicted octanol–water partition coefficient (Wildman–Crippen LogP) is 6.15. The number of ether oxygens (including phenoxy) is 2. The third-order valence-corrected chi connectivity index (χ3v) is 6.39. The van der Waals surface area contributed by atoms with Crippen LogP contribution in [0, 0.1) is 6.92 Å². The van der Waals surface area contributed by atoms with Crippen molar-refractivity contribution in [2.75, 3.05) is 18.6 Å². The summed E-state index contributed by atoms with van der Waals surface area (Å²) in [7, 11) is 1.60. The van der Waals surface area contributed by atoms with Gasteiger partial charge < -0.3 is 14.6 Å². The highest BCUT2D eigenvalue weighted by Crippen LogP contribution is 2.43. The molecule has 0 bridgehead atoms. The number of carbonyl (C=O) groups is 2. The minimum Gasteiger partial charge on any atom is -0.507 e. The normalized spacial score (nSPS) is 17.1. The van der Waals surface area contributed by atoms with Crippen LogP contribution in [0.3, 0.4) is 0 Å². The van der Waals surface area contributed by atoms with Gasteiger partial charge in [0.05, 0.1) is 25.3 Å². The quantitative estimate of drug-likeness (QED) is 0.247. The predicted molar refractivity (Wildman–Crippen MR) is 141 cm³/mol. The number of rotatable bonds is 7. The average Bonchev–Trinajstić information content (AvgIpc) is 3.14. The van der Waals surface area contributed by atoms with Crippen molar-refractivity contribution in [3.05, 3.63) is 94.6 Å². The Hall–Kier alpha value is -4.06. The Morgan fingerprint density at radius 3 is 2.25 bits per heavy atom. The molecule has 0 aromatic heterocycles. The van der Waals surface area contributed by atoms with Crippen molar-refractivity contribution >= 4 is 23.1 Å². The van der Waals surface area contributed by atoms with E-state index in [1.54, 1.807) is 31.4 Å². The molecule has 36 heavy (non-hydrogen) atoms. The standard InChI is InChI=1S/C30H31NO5/c1-6-36-23-14-9-20(10-15-23)27-26(28(32)21-11-16-25(35-5)24(17-21)18(2)3)29(33)30(34)31(27)22-12-7-19(4)8-13-22/h7-18,27,32H,6H2,1-5H3/b28-26-. The van der Waals surface area contributed by atoms with E-state index in [4.69, 9.17) is 9.47 Å². The van der Waals surface area contributed by atoms with Crippen molar-refractivity contribution in [2.45, 2.75) is 39.7 Å². The number of anilines is 1. The second-order valence-electron chi connectivity index (χ2n) is 9.12. The largest absolute Gasteiger partial charge is 0.507 e. The van der Waals surface area contributed by atoms with E-state index in [-0.39, 0.29) is 17.3 Å². The van der Waals surface area contributed by atoms with Gasteiger partial charge in [-0.15, -0.1) is 0 Å². The summed E-state index contributed by atoms with van der Waals surface area (Å²) in [4.78, 5) is 28.2. The zero-order chi connectivity index (χ0) is 26.0. The van der Waals surface area contributed by atoms with Crippen molar-refractivity contribution in [3.8, 4) is 11.5 Å². The molecule has 3 aromatic carbocycles. The minimum absolute atomic E-state index is 0.0459. The topological polar surface area (TPSA) is 76.1 Å². The van der Waals surface area contributed by atoms with Crippen molar-refractivity contribution in [1.29, 1.82) is 0 Å². The summed E-state index contributed by atoms with van der Waals surface area (Å²) in [5.74, 6) is -0.114. The molecule has 1 aliphatic heterocycles. The Morgan fingerprint density at radius 2 is 1.67 bits per heavy atom. The molecule has 0 aliphatic carbocycles. The first-order valence-corrected chi connectivity index (χ1v) is 12.1. The number of ketones is 1. The molecule has 0 spiro atoms. The number of nitrogens with zero attached hydrogens (tertiary/aromatic N) is 1. The fraction of sp³-hybridized carbons (Fsp3) is 0.267. The highest BCUT2D eigenvalue weighted by atomic mass is 16.5. The van der Waals surface area contributed by atoms with Crippen LogP contribution < -0.4 is 14.4 Å². The zero-order valence-corrected chi connectivity index (χ0v) is 21.2. The number of Topliss-reactive ketones (excluding diaryl/α,β-unsaturated/α-hetero) is 1. The van der Waals surface area contributed by atoms with Crippen LogP contribution in [0.2, 0.25) is 0 Å². The first-order chi connectivity index (χ1) is 17.3. The van der Waals surface area contributed by atoms with Crippen LogP contribution >= 0.6 is 0 Å². The number of hydrogen-bond donors (Lipinski definition) is 1. The van der Waals surface area contributed by atoms with E-state index in [0.717, 1.165) is 11.1 Å². The second kappa shape index (κ2) is 10.3. The summed E-state index contributed by atoms with van der Waals surface area (Å²) in [5.41, 5.74) is 3.71. The fourth-order valence-electron chi connectivity index (χ4n) is 4.52. The maximum atomic E-state index is 13.4. The zero-order valence-electron chi connectivity index (χ0n) is 21.2. The molecule has 1 saturated heterocycles. The second-order valence-corrected chi connectivity index (χ2v) is 9.12. The monoisotopic (exact) mass is 485 g/mol. The van der Waals surface area contributed by atoms with Crippen LogP contribution in [0.25, 0.3) is 5.76 Å². The molecule has 1 amide bonds. The molecule has 1 atom stereocenters. The molecule has 4 rings (SSSR count). The molecule has 1 aliphatic rings. The summed E-state index contributed by atoms with van der Waals surface area (Å²) < 4.78 is 11.0. The molecule has 1 N–H and O–H groups in total. The van der Waals surface area contributed by atoms with Gasteiger partial charge in [-0.2, -0.15) is 0 Å². The van der Waals surface area contributed by atoms with Crippen LogP contribution in [0.15, 0.2) is 72.3 Å². The number of aliphatic hydroxyl groups is 1. The molecule has 1 unspecified atom stereocenters. The van der Waals surface area contributed by atoms with Gasteiger partial charge in [0, 0.05) is 11.3 Å². The number of benzene rings is 3. The van der Waals surface area contributed by atoms with Gasteiger partial charge in [-0.3, -0.25) is 14.5 Å². The van der Waals surface area contributed by atoms with Gasteiger partial charge in [0.25, 0.3) is 11.7 Å². The Morgan fingerprint density at radius 1 is 1.00 bits per heavy atom. The summed E-state index contributed by atoms with van der Waals surface area (Å²) in [5, 5.41) is 11.5. The van der Waals surface area contributed by atoms with Crippen LogP contribution in [0.4, 0.5) is 5.69 Å². The summed E-state index contributed by atoms with van der Waals surface area (Å²) >= 11 is 0. The maximum absolute atomic E-state index is 13.4. The van der Waals surface area contributed by atoms with Gasteiger partial charge in [0.1, 0.15) is 17.3 Å². The average molecular weight is 486 g/mol. The van der Waals surface area contributed by atoms with E-state index in [1.165, 1.54) is 4.90 Å². The fourth-order valence-corrected chi connectivity index (χ4v) is 4.52. The van der Waals surface area contributed by atoms with Gasteiger partial charge in [0.2, 0.25) is 0 Å². The molecule has 1 fully saturated rings. The molecular weight excluding hydrogens is 454 g/mol. The molecule has 0 saturated carbocycles. The van der Waals surface area contributed by atoms with E-state index in [0.29, 0.717) is 34.9 Å². The highest BCUT2D eigenvalue weighted by Gasteiger charge is 2.47. The first-order valence-electron chi connectivity index (χ1n) is 12.1. The minimum atomic E-state index is -0.798. The SMILES string of the molecule is CCOc1ccc(C2/C(=C(/O)c3ccc(OC)c(C(C)C)c3)C(=O)C(=O)N2c2ccc(C)cc2)cc1. The van der Waals surface area contributed by atoms with Gasteiger partial charge in [-0.05, 0) is 73.4 Å². The van der Waals surface area contributed by atoms with Gasteiger partial charge in [-0.25, -0.2) is 0 Å². The Balaban J connectivity index is 1.91. The van der Waals surface area contributed by atoms with Gasteiger partial charge in [-0.1, -0.05) is 43.7 Å². The molecule has 6 heteroatoms. The van der Waals surface area contributed by atoms with Crippen molar-refractivity contribution in [1.82, 2.24) is 0 Å². The summed E-state index contributed by atoms with van der Waals surface area (Å²) in [6.45, 7) is 8.44. The van der Waals surface area contributed by atoms with Crippen molar-refractivity contribution in [2.24, 2.45) is 0 Å². The summed E-state index contributed by atoms with van der Waals surface area (Å²) in [6.07, 6.45) is 0. The van der Waals surface area contributed by atoms with Crippen LogP contribution in [0.5, 0.6) is 11.5 Å². The van der Waals surface area contributed by atoms with E-state index in [1.807, 2.05) is 70.2 Å². The molecular formula is C30H31NO5. The number of hydrogen-bond acceptors (Lipinski definition) is 5. The number of methoxy groups -OCH3 is 1. The molecule has 6 nitrogen and oxygen atoms in total. The number of carbonyl (C=O) groups excluding carboxylic acids is 2. The van der Waals surface area contributed by atoms with E-state index < -0.39 is 17.7 Å². The highest BCUT2D eigenvalue weighted by molar-refractivity contribution is 6.51. The lowest BCUT2D eigenvalue weighted by atomic mass is 9.93. The Labute approximate surface area is 211 Å². The first kappa shape index (κ1) is 25.0. The lowest BCUT2D eigenvalue weighted by Gasteiger charge is -2.26. The molecule has 0 radical (unpaired) electrons. The number of aryl methyl sites for hydroxylation is 1. The molecule has 1 heterocycles. The smallest absolute Gasteiger partial charge is 0.300 e. The number of aliphatic hydroxyl groups excluding tert-OH is 1. The lowest BCUT2D eigenvalue weighted by molar-refractivity contribution is -0.132. The Kier molecular flexibility index (Phi) is 7.15. The Bertz CT molecular complexity index is 1310. The van der Waals surface area contributed by atoms with Crippen molar-refractivity contribution < 1.29 is 24.2 Å². The van der Waals surface area contributed by atoms with E-state index in [2.05, 4.69) is 0 Å². The van der Waals surface area contributed by atoms with Gasteiger partial charge >= 0.3 is 0 Å². The lowest BCUT2D eigenvalue weighted by Crippen LogP contribution is -2.29.